The molecule has 0 radical (unpaired) electrons. The van der Waals surface area contributed by atoms with Crippen LogP contribution in [0, 0.1) is 5.82 Å². The summed E-state index contributed by atoms with van der Waals surface area (Å²) >= 11 is 0. The second-order valence-electron chi connectivity index (χ2n) is 6.64. The Morgan fingerprint density at radius 2 is 2.13 bits per heavy atom. The fraction of sp³-hybridized carbons (Fsp3) is 0.400. The highest BCUT2D eigenvalue weighted by atomic mass is 19.1. The van der Waals surface area contributed by atoms with Crippen LogP contribution in [0.1, 0.15) is 13.3 Å². The third-order valence-corrected chi connectivity index (χ3v) is 4.51. The second kappa shape index (κ2) is 10.4. The molecule has 1 aromatic carbocycles. The first kappa shape index (κ1) is 21.3. The third-order valence-electron chi connectivity index (χ3n) is 4.51. The Kier molecular flexibility index (Phi) is 7.36. The number of fused-ring (bicyclic) bond motifs is 1. The van der Waals surface area contributed by atoms with Crippen molar-refractivity contribution in [2.45, 2.75) is 19.4 Å². The molecule has 0 bridgehead atoms. The zero-order valence-electron chi connectivity index (χ0n) is 17.4. The Balaban J connectivity index is 1.44. The van der Waals surface area contributed by atoms with Gasteiger partial charge in [0, 0.05) is 33.3 Å². The lowest BCUT2D eigenvalue weighted by Crippen LogP contribution is -2.43. The minimum atomic E-state index is -0.312. The van der Waals surface area contributed by atoms with E-state index in [9.17, 15) is 4.39 Å². The Labute approximate surface area is 174 Å². The van der Waals surface area contributed by atoms with E-state index in [4.69, 9.17) is 4.74 Å². The third kappa shape index (κ3) is 5.56. The van der Waals surface area contributed by atoms with Gasteiger partial charge in [0.15, 0.2) is 11.6 Å². The molecule has 0 saturated carbocycles. The van der Waals surface area contributed by atoms with E-state index in [2.05, 4.69) is 36.0 Å². The van der Waals surface area contributed by atoms with Gasteiger partial charge in [0.1, 0.15) is 29.8 Å². The number of benzene rings is 1. The van der Waals surface area contributed by atoms with Gasteiger partial charge in [-0.2, -0.15) is 5.10 Å². The number of guanidine groups is 1. The molecule has 0 aliphatic heterocycles. The number of rotatable bonds is 9. The smallest absolute Gasteiger partial charge is 0.191 e. The lowest BCUT2D eigenvalue weighted by molar-refractivity contribution is 0.199. The van der Waals surface area contributed by atoms with E-state index in [0.29, 0.717) is 31.3 Å². The highest BCUT2D eigenvalue weighted by Gasteiger charge is 2.10. The zero-order chi connectivity index (χ0) is 21.3. The van der Waals surface area contributed by atoms with E-state index in [0.717, 1.165) is 23.3 Å². The Bertz CT molecular complexity index is 990. The first-order chi connectivity index (χ1) is 14.6. The molecule has 30 heavy (non-hydrogen) atoms. The molecule has 10 heteroatoms. The van der Waals surface area contributed by atoms with Crippen LogP contribution >= 0.6 is 0 Å². The van der Waals surface area contributed by atoms with Crippen LogP contribution in [0.5, 0.6) is 5.75 Å². The summed E-state index contributed by atoms with van der Waals surface area (Å²) in [5, 5.41) is 14.9. The largest absolute Gasteiger partial charge is 0.489 e. The number of hydrogen-bond donors (Lipinski definition) is 3. The zero-order valence-corrected chi connectivity index (χ0v) is 17.4. The highest BCUT2D eigenvalue weighted by Crippen LogP contribution is 2.17. The molecule has 1 unspecified atom stereocenters. The van der Waals surface area contributed by atoms with Crippen molar-refractivity contribution >= 4 is 22.8 Å². The fourth-order valence-electron chi connectivity index (χ4n) is 2.90. The van der Waals surface area contributed by atoms with Crippen molar-refractivity contribution in [3.63, 3.8) is 0 Å². The maximum absolute atomic E-state index is 13.3. The molecule has 0 amide bonds. The Morgan fingerprint density at radius 3 is 2.90 bits per heavy atom. The second-order valence-corrected chi connectivity index (χ2v) is 6.64. The maximum Gasteiger partial charge on any atom is 0.191 e. The van der Waals surface area contributed by atoms with E-state index in [-0.39, 0.29) is 11.9 Å². The number of ether oxygens (including phenoxy) is 1. The van der Waals surface area contributed by atoms with Gasteiger partial charge in [0.2, 0.25) is 0 Å². The van der Waals surface area contributed by atoms with Crippen LogP contribution in [-0.2, 0) is 7.05 Å². The van der Waals surface area contributed by atoms with Crippen molar-refractivity contribution in [1.29, 1.82) is 0 Å². The minimum absolute atomic E-state index is 0.108. The van der Waals surface area contributed by atoms with Crippen molar-refractivity contribution < 1.29 is 9.13 Å². The molecule has 0 aliphatic carbocycles. The van der Waals surface area contributed by atoms with Crippen LogP contribution in [-0.4, -0.2) is 58.5 Å². The number of aryl methyl sites for hydroxylation is 1. The molecule has 0 aliphatic rings. The SMILES string of the molecule is CCC(CNC(=NC)NCCNc1ncnc2c1cnn2C)Oc1cccc(F)c1. The van der Waals surface area contributed by atoms with Crippen LogP contribution in [0.15, 0.2) is 41.8 Å². The predicted molar refractivity (Wildman–Crippen MR) is 115 cm³/mol. The summed E-state index contributed by atoms with van der Waals surface area (Å²) in [6, 6.07) is 6.16. The summed E-state index contributed by atoms with van der Waals surface area (Å²) in [5.74, 6) is 1.61. The number of aromatic nitrogens is 4. The molecule has 0 fully saturated rings. The van der Waals surface area contributed by atoms with Gasteiger partial charge < -0.3 is 20.7 Å². The summed E-state index contributed by atoms with van der Waals surface area (Å²) in [6.45, 7) is 3.83. The normalized spacial score (nSPS) is 12.6. The quantitative estimate of drug-likeness (QED) is 0.279. The highest BCUT2D eigenvalue weighted by molar-refractivity contribution is 5.86. The average molecular weight is 414 g/mol. The molecule has 2 aromatic heterocycles. The van der Waals surface area contributed by atoms with Gasteiger partial charge in [0.05, 0.1) is 18.1 Å². The van der Waals surface area contributed by atoms with E-state index in [1.54, 1.807) is 30.1 Å². The van der Waals surface area contributed by atoms with Crippen molar-refractivity contribution in [3.05, 3.63) is 42.6 Å². The maximum atomic E-state index is 13.3. The molecular weight excluding hydrogens is 387 g/mol. The van der Waals surface area contributed by atoms with Gasteiger partial charge in [0.25, 0.3) is 0 Å². The summed E-state index contributed by atoms with van der Waals surface area (Å²) in [4.78, 5) is 12.7. The monoisotopic (exact) mass is 414 g/mol. The van der Waals surface area contributed by atoms with Crippen LogP contribution in [0.25, 0.3) is 11.0 Å². The van der Waals surface area contributed by atoms with E-state index in [1.807, 2.05) is 14.0 Å². The van der Waals surface area contributed by atoms with Gasteiger partial charge in [-0.3, -0.25) is 9.67 Å². The molecule has 0 spiro atoms. The van der Waals surface area contributed by atoms with E-state index >= 15 is 0 Å². The molecule has 3 rings (SSSR count). The molecule has 2 heterocycles. The van der Waals surface area contributed by atoms with Crippen molar-refractivity contribution in [2.75, 3.05) is 32.0 Å². The predicted octanol–water partition coefficient (Wildman–Crippen LogP) is 1.94. The molecule has 0 saturated heterocycles. The summed E-state index contributed by atoms with van der Waals surface area (Å²) in [6.07, 6.45) is 3.93. The average Bonchev–Trinajstić information content (AvgIpc) is 3.14. The lowest BCUT2D eigenvalue weighted by atomic mass is 10.2. The number of halogens is 1. The Hall–Kier alpha value is -3.43. The van der Waals surface area contributed by atoms with E-state index < -0.39 is 0 Å². The minimum Gasteiger partial charge on any atom is -0.489 e. The van der Waals surface area contributed by atoms with Gasteiger partial charge in [-0.1, -0.05) is 13.0 Å². The number of aliphatic imine (C=N–C) groups is 1. The van der Waals surface area contributed by atoms with Crippen molar-refractivity contribution in [3.8, 4) is 5.75 Å². The number of nitrogens with one attached hydrogen (secondary N) is 3. The Morgan fingerprint density at radius 1 is 1.27 bits per heavy atom. The number of anilines is 1. The van der Waals surface area contributed by atoms with Crippen molar-refractivity contribution in [2.24, 2.45) is 12.0 Å². The van der Waals surface area contributed by atoms with Gasteiger partial charge in [-0.05, 0) is 18.6 Å². The summed E-state index contributed by atoms with van der Waals surface area (Å²) < 4.78 is 20.9. The van der Waals surface area contributed by atoms with Gasteiger partial charge in [-0.25, -0.2) is 14.4 Å². The molecule has 9 nitrogen and oxygen atoms in total. The summed E-state index contributed by atoms with van der Waals surface area (Å²) in [5.41, 5.74) is 0.779. The van der Waals surface area contributed by atoms with Crippen LogP contribution in [0.4, 0.5) is 10.2 Å². The van der Waals surface area contributed by atoms with Gasteiger partial charge >= 0.3 is 0 Å². The van der Waals surface area contributed by atoms with Crippen LogP contribution in [0.2, 0.25) is 0 Å². The van der Waals surface area contributed by atoms with Crippen LogP contribution < -0.4 is 20.7 Å². The molecule has 160 valence electrons. The number of nitrogens with zero attached hydrogens (tertiary/aromatic N) is 5. The summed E-state index contributed by atoms with van der Waals surface area (Å²) in [7, 11) is 3.55. The number of hydrogen-bond acceptors (Lipinski definition) is 6. The van der Waals surface area contributed by atoms with Crippen LogP contribution in [0.3, 0.4) is 0 Å². The molecule has 1 atom stereocenters. The topological polar surface area (TPSA) is 101 Å². The lowest BCUT2D eigenvalue weighted by Gasteiger charge is -2.20. The molecular formula is C20H27FN8O. The molecule has 3 N–H and O–H groups in total. The van der Waals surface area contributed by atoms with E-state index in [1.165, 1.54) is 18.5 Å². The molecule has 3 aromatic rings. The first-order valence-corrected chi connectivity index (χ1v) is 9.84. The first-order valence-electron chi connectivity index (χ1n) is 9.84. The van der Waals surface area contributed by atoms with Crippen molar-refractivity contribution in [1.82, 2.24) is 30.4 Å². The van der Waals surface area contributed by atoms with Gasteiger partial charge in [-0.15, -0.1) is 0 Å². The fourth-order valence-corrected chi connectivity index (χ4v) is 2.90. The standard InChI is InChI=1S/C20H27FN8O/c1-4-15(30-16-7-5-6-14(21)10-16)11-25-20(22-2)24-9-8-23-18-17-12-28-29(3)19(17)27-13-26-18/h5-7,10,12-13,15H,4,8-9,11H2,1-3H3,(H2,22,24,25)(H,23,26,27).